The highest BCUT2D eigenvalue weighted by Gasteiger charge is 2.56. The largest absolute Gasteiger partial charge is 0.380 e. The van der Waals surface area contributed by atoms with Crippen LogP contribution in [0.15, 0.2) is 30.3 Å². The number of alkyl halides is 5. The summed E-state index contributed by atoms with van der Waals surface area (Å²) < 4.78 is 61.3. The van der Waals surface area contributed by atoms with Crippen LogP contribution in [0.25, 0.3) is 0 Å². The molecular weight excluding hydrogens is 372 g/mol. The van der Waals surface area contributed by atoms with E-state index in [1.54, 1.807) is 6.07 Å². The molecule has 1 aromatic rings. The van der Waals surface area contributed by atoms with Crippen LogP contribution in [0.3, 0.4) is 0 Å². The molecule has 0 aliphatic carbocycles. The van der Waals surface area contributed by atoms with E-state index in [1.807, 2.05) is 0 Å². The van der Waals surface area contributed by atoms with E-state index >= 15 is 0 Å². The Labute approximate surface area is 135 Å². The van der Waals surface area contributed by atoms with Crippen molar-refractivity contribution in [2.45, 2.75) is 9.84 Å². The van der Waals surface area contributed by atoms with Crippen LogP contribution in [0.2, 0.25) is 0 Å². The molecule has 0 amide bonds. The van der Waals surface area contributed by atoms with Crippen LogP contribution in [0.1, 0.15) is 0 Å². The zero-order chi connectivity index (χ0) is 16.5. The van der Waals surface area contributed by atoms with Crippen LogP contribution < -0.4 is 3.71 Å². The molecule has 0 radical (unpaired) electrons. The summed E-state index contributed by atoms with van der Waals surface area (Å²) in [6, 6.07) is 7.09. The van der Waals surface area contributed by atoms with Crippen molar-refractivity contribution in [1.29, 1.82) is 0 Å². The molecular formula is C10H11Cl2F3N2O2S2. The van der Waals surface area contributed by atoms with Crippen LogP contribution >= 0.6 is 35.1 Å². The minimum absolute atomic E-state index is 0.0557. The number of hydrogen-bond acceptors (Lipinski definition) is 3. The maximum absolute atomic E-state index is 13.8. The summed E-state index contributed by atoms with van der Waals surface area (Å²) in [4.78, 5) is 0. The first-order valence-corrected chi connectivity index (χ1v) is 8.24. The molecule has 21 heavy (non-hydrogen) atoms. The van der Waals surface area contributed by atoms with Crippen LogP contribution in [-0.4, -0.2) is 36.7 Å². The second-order valence-electron chi connectivity index (χ2n) is 3.96. The standard InChI is InChI=1S/C10H11Cl2F3N2O2S2/c1-16(2)21(18,19)17(8-6-4-3-5-7-8)20-10(12,15)9(11,13)14/h3-7H,1-2H3. The Morgan fingerprint density at radius 1 is 1.10 bits per heavy atom. The van der Waals surface area contributed by atoms with Crippen molar-refractivity contribution >= 4 is 51.0 Å². The molecule has 0 fully saturated rings. The highest BCUT2D eigenvalue weighted by atomic mass is 35.5. The minimum atomic E-state index is -4.48. The summed E-state index contributed by atoms with van der Waals surface area (Å²) >= 11 is 9.21. The molecule has 0 aliphatic rings. The quantitative estimate of drug-likeness (QED) is 0.556. The molecule has 0 heterocycles. The lowest BCUT2D eigenvalue weighted by atomic mass is 10.3. The molecule has 0 aliphatic heterocycles. The normalized spacial score (nSPS) is 15.8. The highest BCUT2D eigenvalue weighted by molar-refractivity contribution is 8.15. The van der Waals surface area contributed by atoms with Crippen molar-refractivity contribution < 1.29 is 21.6 Å². The molecule has 0 bridgehead atoms. The lowest BCUT2D eigenvalue weighted by molar-refractivity contribution is 0.0282. The summed E-state index contributed by atoms with van der Waals surface area (Å²) in [5, 5.41) is -4.48. The fourth-order valence-corrected chi connectivity index (χ4v) is 3.83. The Kier molecular flexibility index (Phi) is 5.71. The van der Waals surface area contributed by atoms with Crippen molar-refractivity contribution in [1.82, 2.24) is 4.31 Å². The highest BCUT2D eigenvalue weighted by Crippen LogP contribution is 2.50. The van der Waals surface area contributed by atoms with Gasteiger partial charge in [-0.05, 0) is 23.7 Å². The van der Waals surface area contributed by atoms with Gasteiger partial charge in [-0.15, -0.1) is 0 Å². The molecule has 0 N–H and O–H groups in total. The van der Waals surface area contributed by atoms with E-state index in [0.29, 0.717) is 3.71 Å². The Bertz CT molecular complexity index is 580. The molecule has 1 aromatic carbocycles. The average Bonchev–Trinajstić information content (AvgIpc) is 2.35. The van der Waals surface area contributed by atoms with Gasteiger partial charge in [0.25, 0.3) is 0 Å². The molecule has 1 rings (SSSR count). The molecule has 0 spiro atoms. The predicted octanol–water partition coefficient (Wildman–Crippen LogP) is 3.64. The molecule has 4 nitrogen and oxygen atoms in total. The maximum atomic E-state index is 13.8. The van der Waals surface area contributed by atoms with Gasteiger partial charge in [0.05, 0.1) is 5.69 Å². The Balaban J connectivity index is 3.30. The van der Waals surface area contributed by atoms with Crippen LogP contribution in [0.5, 0.6) is 0 Å². The maximum Gasteiger partial charge on any atom is 0.380 e. The van der Waals surface area contributed by atoms with Crippen LogP contribution in [-0.2, 0) is 10.2 Å². The van der Waals surface area contributed by atoms with Gasteiger partial charge in [-0.2, -0.15) is 25.2 Å². The van der Waals surface area contributed by atoms with E-state index in [0.717, 1.165) is 4.31 Å². The zero-order valence-electron chi connectivity index (χ0n) is 10.8. The minimum Gasteiger partial charge on any atom is -0.203 e. The fourth-order valence-electron chi connectivity index (χ4n) is 1.09. The number of benzene rings is 1. The van der Waals surface area contributed by atoms with E-state index in [9.17, 15) is 21.6 Å². The van der Waals surface area contributed by atoms with Gasteiger partial charge in [0.15, 0.2) is 0 Å². The second kappa shape index (κ2) is 6.41. The number of halogens is 5. The second-order valence-corrected chi connectivity index (χ2v) is 8.51. The van der Waals surface area contributed by atoms with Gasteiger partial charge in [-0.3, -0.25) is 0 Å². The third-order valence-electron chi connectivity index (χ3n) is 2.17. The summed E-state index contributed by atoms with van der Waals surface area (Å²) in [6.45, 7) is 0. The number of hydrogen-bond donors (Lipinski definition) is 0. The Morgan fingerprint density at radius 2 is 1.57 bits per heavy atom. The third-order valence-corrected chi connectivity index (χ3v) is 6.28. The molecule has 0 saturated heterocycles. The number of anilines is 1. The first kappa shape index (κ1) is 18.7. The van der Waals surface area contributed by atoms with Crippen molar-refractivity contribution in [3.05, 3.63) is 30.3 Å². The van der Waals surface area contributed by atoms with Crippen molar-refractivity contribution in [3.8, 4) is 0 Å². The van der Waals surface area contributed by atoms with Gasteiger partial charge in [-0.1, -0.05) is 29.8 Å². The number of para-hydroxylation sites is 1. The van der Waals surface area contributed by atoms with E-state index in [2.05, 4.69) is 11.6 Å². The summed E-state index contributed by atoms with van der Waals surface area (Å²) in [5.41, 5.74) is -0.0557. The number of nitrogens with zero attached hydrogens (tertiary/aromatic N) is 2. The SMILES string of the molecule is CN(C)S(=O)(=O)N(SC(F)(Cl)C(F)(F)Cl)c1ccccc1. The fraction of sp³-hybridized carbons (Fsp3) is 0.400. The molecule has 1 atom stereocenters. The molecule has 0 aromatic heterocycles. The Hall–Kier alpha value is -0.350. The molecule has 120 valence electrons. The van der Waals surface area contributed by atoms with Gasteiger partial charge in [-0.25, -0.2) is 4.39 Å². The lowest BCUT2D eigenvalue weighted by Crippen LogP contribution is -2.41. The molecule has 11 heteroatoms. The van der Waals surface area contributed by atoms with Crippen molar-refractivity contribution in [3.63, 3.8) is 0 Å². The van der Waals surface area contributed by atoms with E-state index in [-0.39, 0.29) is 5.69 Å². The van der Waals surface area contributed by atoms with Gasteiger partial charge >= 0.3 is 20.1 Å². The van der Waals surface area contributed by atoms with Crippen LogP contribution in [0.4, 0.5) is 18.9 Å². The first-order chi connectivity index (χ1) is 9.39. The predicted molar refractivity (Wildman–Crippen MR) is 79.6 cm³/mol. The van der Waals surface area contributed by atoms with Gasteiger partial charge in [0.1, 0.15) is 0 Å². The van der Waals surface area contributed by atoms with Gasteiger partial charge < -0.3 is 0 Å². The Morgan fingerprint density at radius 3 is 1.95 bits per heavy atom. The van der Waals surface area contributed by atoms with Gasteiger partial charge in [0, 0.05) is 26.0 Å². The average molecular weight is 383 g/mol. The summed E-state index contributed by atoms with van der Waals surface area (Å²) in [5.74, 6) is 0. The molecule has 1 unspecified atom stereocenters. The topological polar surface area (TPSA) is 40.6 Å². The summed E-state index contributed by atoms with van der Waals surface area (Å²) in [7, 11) is -1.94. The van der Waals surface area contributed by atoms with Crippen LogP contribution in [0, 0.1) is 0 Å². The van der Waals surface area contributed by atoms with Gasteiger partial charge in [0.2, 0.25) is 0 Å². The first-order valence-electron chi connectivity index (χ1n) is 5.31. The molecule has 0 saturated carbocycles. The van der Waals surface area contributed by atoms with E-state index < -0.39 is 32.0 Å². The zero-order valence-corrected chi connectivity index (χ0v) is 13.9. The van der Waals surface area contributed by atoms with E-state index in [1.165, 1.54) is 38.4 Å². The monoisotopic (exact) mass is 382 g/mol. The third kappa shape index (κ3) is 4.32. The van der Waals surface area contributed by atoms with Crippen molar-refractivity contribution in [2.75, 3.05) is 17.8 Å². The lowest BCUT2D eigenvalue weighted by Gasteiger charge is -2.31. The summed E-state index contributed by atoms with van der Waals surface area (Å²) in [6.07, 6.45) is 0. The van der Waals surface area contributed by atoms with E-state index in [4.69, 9.17) is 11.6 Å². The smallest absolute Gasteiger partial charge is 0.203 e. The van der Waals surface area contributed by atoms with Crippen molar-refractivity contribution in [2.24, 2.45) is 0 Å². The number of rotatable bonds is 6.